The van der Waals surface area contributed by atoms with Crippen molar-refractivity contribution in [3.8, 4) is 0 Å². The van der Waals surface area contributed by atoms with Crippen molar-refractivity contribution in [2.45, 2.75) is 6.42 Å². The maximum absolute atomic E-state index is 12.3. The Balaban J connectivity index is 2.07. The van der Waals surface area contributed by atoms with Crippen LogP contribution in [0.15, 0.2) is 29.1 Å². The summed E-state index contributed by atoms with van der Waals surface area (Å²) in [6.07, 6.45) is -0.160. The van der Waals surface area contributed by atoms with E-state index in [1.54, 1.807) is 11.6 Å². The smallest absolute Gasteiger partial charge is 0.309 e. The molecular formula is C16H18N2O4. The summed E-state index contributed by atoms with van der Waals surface area (Å²) in [5.74, 6) is -0.945. The van der Waals surface area contributed by atoms with Crippen LogP contribution >= 0.6 is 0 Å². The molecule has 0 bridgehead atoms. The molecular weight excluding hydrogens is 284 g/mol. The maximum atomic E-state index is 12.3. The molecule has 1 saturated heterocycles. The lowest BCUT2D eigenvalue weighted by Crippen LogP contribution is -2.36. The van der Waals surface area contributed by atoms with Crippen molar-refractivity contribution in [2.24, 2.45) is 7.05 Å². The third-order valence-corrected chi connectivity index (χ3v) is 4.04. The first-order valence-corrected chi connectivity index (χ1v) is 7.23. The highest BCUT2D eigenvalue weighted by atomic mass is 16.5. The number of hydrogen-bond acceptors (Lipinski definition) is 4. The van der Waals surface area contributed by atoms with Crippen LogP contribution in [0.4, 0.5) is 5.69 Å². The molecule has 6 nitrogen and oxygen atoms in total. The van der Waals surface area contributed by atoms with E-state index in [1.807, 2.05) is 18.2 Å². The Morgan fingerprint density at radius 1 is 1.27 bits per heavy atom. The molecule has 116 valence electrons. The number of fused-ring (bicyclic) bond motifs is 1. The Morgan fingerprint density at radius 3 is 2.68 bits per heavy atom. The summed E-state index contributed by atoms with van der Waals surface area (Å²) in [6, 6.07) is 7.15. The minimum Gasteiger partial charge on any atom is -0.481 e. The van der Waals surface area contributed by atoms with Crippen LogP contribution in [-0.2, 0) is 23.0 Å². The first kappa shape index (κ1) is 14.6. The standard InChI is InChI=1S/C16H18N2O4/c1-17-12(10-16(20)21)9-15(19)13-8-11(2-3-14(13)17)18-4-6-22-7-5-18/h2-3,8-9H,4-7,10H2,1H3,(H,20,21). The van der Waals surface area contributed by atoms with Crippen molar-refractivity contribution in [3.05, 3.63) is 40.2 Å². The summed E-state index contributed by atoms with van der Waals surface area (Å²) in [5, 5.41) is 9.55. The average molecular weight is 302 g/mol. The number of carbonyl (C=O) groups is 1. The molecule has 1 aromatic heterocycles. The van der Waals surface area contributed by atoms with E-state index in [0.29, 0.717) is 24.3 Å². The van der Waals surface area contributed by atoms with Gasteiger partial charge in [-0.05, 0) is 18.2 Å². The second-order valence-corrected chi connectivity index (χ2v) is 5.43. The van der Waals surface area contributed by atoms with Gasteiger partial charge in [-0.25, -0.2) is 0 Å². The number of pyridine rings is 1. The summed E-state index contributed by atoms with van der Waals surface area (Å²) in [7, 11) is 1.79. The van der Waals surface area contributed by atoms with Gasteiger partial charge in [0.25, 0.3) is 0 Å². The van der Waals surface area contributed by atoms with Crippen LogP contribution in [-0.4, -0.2) is 41.9 Å². The quantitative estimate of drug-likeness (QED) is 0.916. The number of rotatable bonds is 3. The largest absolute Gasteiger partial charge is 0.481 e. The van der Waals surface area contributed by atoms with Crippen LogP contribution < -0.4 is 10.3 Å². The molecule has 3 rings (SSSR count). The van der Waals surface area contributed by atoms with Gasteiger partial charge in [0.1, 0.15) is 0 Å². The molecule has 1 aliphatic rings. The van der Waals surface area contributed by atoms with Gasteiger partial charge in [-0.3, -0.25) is 9.59 Å². The molecule has 0 saturated carbocycles. The number of anilines is 1. The first-order valence-electron chi connectivity index (χ1n) is 7.23. The van der Waals surface area contributed by atoms with E-state index >= 15 is 0 Å². The highest BCUT2D eigenvalue weighted by Gasteiger charge is 2.14. The number of aliphatic carboxylic acids is 1. The van der Waals surface area contributed by atoms with Crippen molar-refractivity contribution in [1.82, 2.24) is 4.57 Å². The Hall–Kier alpha value is -2.34. The molecule has 1 aliphatic heterocycles. The Morgan fingerprint density at radius 2 is 2.00 bits per heavy atom. The molecule has 1 fully saturated rings. The van der Waals surface area contributed by atoms with Gasteiger partial charge < -0.3 is 19.3 Å². The summed E-state index contributed by atoms with van der Waals surface area (Å²) in [6.45, 7) is 2.99. The van der Waals surface area contributed by atoms with Crippen molar-refractivity contribution in [3.63, 3.8) is 0 Å². The van der Waals surface area contributed by atoms with Crippen molar-refractivity contribution in [2.75, 3.05) is 31.2 Å². The number of carboxylic acids is 1. The zero-order valence-electron chi connectivity index (χ0n) is 12.4. The van der Waals surface area contributed by atoms with Crippen LogP contribution in [0.25, 0.3) is 10.9 Å². The summed E-state index contributed by atoms with van der Waals surface area (Å²) in [4.78, 5) is 25.4. The van der Waals surface area contributed by atoms with Gasteiger partial charge in [0, 0.05) is 43.0 Å². The van der Waals surface area contributed by atoms with E-state index in [0.717, 1.165) is 24.3 Å². The molecule has 0 radical (unpaired) electrons. The zero-order valence-corrected chi connectivity index (χ0v) is 12.4. The predicted octanol–water partition coefficient (Wildman–Crippen LogP) is 1.00. The van der Waals surface area contributed by atoms with Gasteiger partial charge in [-0.1, -0.05) is 0 Å². The lowest BCUT2D eigenvalue weighted by molar-refractivity contribution is -0.136. The molecule has 1 N–H and O–H groups in total. The molecule has 1 aromatic carbocycles. The van der Waals surface area contributed by atoms with E-state index < -0.39 is 5.97 Å². The van der Waals surface area contributed by atoms with Crippen LogP contribution in [0.1, 0.15) is 5.69 Å². The summed E-state index contributed by atoms with van der Waals surface area (Å²) < 4.78 is 7.11. The van der Waals surface area contributed by atoms with Gasteiger partial charge >= 0.3 is 5.97 Å². The fourth-order valence-corrected chi connectivity index (χ4v) is 2.84. The SMILES string of the molecule is Cn1c(CC(=O)O)cc(=O)c2cc(N3CCOCC3)ccc21. The van der Waals surface area contributed by atoms with Crippen LogP contribution in [0.2, 0.25) is 0 Å². The molecule has 2 heterocycles. The predicted molar refractivity (Wildman–Crippen MR) is 83.6 cm³/mol. The van der Waals surface area contributed by atoms with Crippen molar-refractivity contribution < 1.29 is 14.6 Å². The van der Waals surface area contributed by atoms with Crippen LogP contribution in [0, 0.1) is 0 Å². The van der Waals surface area contributed by atoms with Crippen LogP contribution in [0.3, 0.4) is 0 Å². The minimum absolute atomic E-state index is 0.139. The number of carboxylic acid groups (broad SMARTS) is 1. The molecule has 0 spiro atoms. The Kier molecular flexibility index (Phi) is 3.85. The van der Waals surface area contributed by atoms with Gasteiger partial charge in [0.05, 0.1) is 25.2 Å². The number of nitrogens with zero attached hydrogens (tertiary/aromatic N) is 2. The lowest BCUT2D eigenvalue weighted by atomic mass is 10.1. The number of aromatic nitrogens is 1. The zero-order chi connectivity index (χ0) is 15.7. The fraction of sp³-hybridized carbons (Fsp3) is 0.375. The molecule has 22 heavy (non-hydrogen) atoms. The third-order valence-electron chi connectivity index (χ3n) is 4.04. The van der Waals surface area contributed by atoms with Gasteiger partial charge in [-0.15, -0.1) is 0 Å². The van der Waals surface area contributed by atoms with E-state index in [-0.39, 0.29) is 11.8 Å². The number of hydrogen-bond donors (Lipinski definition) is 1. The van der Waals surface area contributed by atoms with Crippen molar-refractivity contribution in [1.29, 1.82) is 0 Å². The van der Waals surface area contributed by atoms with Crippen LogP contribution in [0.5, 0.6) is 0 Å². The normalized spacial score (nSPS) is 15.2. The highest BCUT2D eigenvalue weighted by molar-refractivity contribution is 5.84. The maximum Gasteiger partial charge on any atom is 0.309 e. The fourth-order valence-electron chi connectivity index (χ4n) is 2.84. The monoisotopic (exact) mass is 302 g/mol. The minimum atomic E-state index is -0.945. The van der Waals surface area contributed by atoms with E-state index in [1.165, 1.54) is 6.07 Å². The van der Waals surface area contributed by atoms with Crippen molar-refractivity contribution >= 4 is 22.6 Å². The van der Waals surface area contributed by atoms with E-state index in [2.05, 4.69) is 4.90 Å². The highest BCUT2D eigenvalue weighted by Crippen LogP contribution is 2.21. The second-order valence-electron chi connectivity index (χ2n) is 5.43. The van der Waals surface area contributed by atoms with Gasteiger partial charge in [0.2, 0.25) is 0 Å². The number of aryl methyl sites for hydroxylation is 1. The molecule has 6 heteroatoms. The molecule has 0 unspecified atom stereocenters. The number of benzene rings is 1. The third kappa shape index (κ3) is 2.69. The second kappa shape index (κ2) is 5.81. The number of morpholine rings is 1. The average Bonchev–Trinajstić information content (AvgIpc) is 2.52. The first-order chi connectivity index (χ1) is 10.6. The summed E-state index contributed by atoms with van der Waals surface area (Å²) >= 11 is 0. The topological polar surface area (TPSA) is 71.8 Å². The summed E-state index contributed by atoms with van der Waals surface area (Å²) in [5.41, 5.74) is 2.11. The van der Waals surface area contributed by atoms with E-state index in [9.17, 15) is 9.59 Å². The molecule has 0 atom stereocenters. The van der Waals surface area contributed by atoms with E-state index in [4.69, 9.17) is 9.84 Å². The Bertz CT molecular complexity index is 776. The lowest BCUT2D eigenvalue weighted by Gasteiger charge is -2.29. The number of ether oxygens (including phenoxy) is 1. The molecule has 0 aliphatic carbocycles. The Labute approximate surface area is 127 Å². The van der Waals surface area contributed by atoms with Gasteiger partial charge in [-0.2, -0.15) is 0 Å². The molecule has 2 aromatic rings. The molecule has 0 amide bonds. The van der Waals surface area contributed by atoms with Gasteiger partial charge in [0.15, 0.2) is 5.43 Å².